The van der Waals surface area contributed by atoms with Crippen LogP contribution in [-0.4, -0.2) is 33.6 Å². The normalized spacial score (nSPS) is 13.8. The second-order valence-electron chi connectivity index (χ2n) is 7.05. The lowest BCUT2D eigenvalue weighted by Gasteiger charge is -2.24. The van der Waals surface area contributed by atoms with Crippen LogP contribution in [0, 0.1) is 11.3 Å². The van der Waals surface area contributed by atoms with Crippen LogP contribution in [0.1, 0.15) is 66.7 Å². The molecule has 0 spiro atoms. The van der Waals surface area contributed by atoms with Crippen LogP contribution in [0.4, 0.5) is 5.82 Å². The van der Waals surface area contributed by atoms with Crippen LogP contribution in [0.5, 0.6) is 0 Å². The van der Waals surface area contributed by atoms with Crippen molar-refractivity contribution >= 4 is 11.7 Å². The summed E-state index contributed by atoms with van der Waals surface area (Å²) < 4.78 is 0. The molecule has 2 aromatic rings. The molecule has 2 N–H and O–H groups in total. The van der Waals surface area contributed by atoms with Crippen LogP contribution in [0.3, 0.4) is 0 Å². The fraction of sp³-hybridized carbons (Fsp3) is 0.450. The Hall–Kier alpha value is -2.65. The third-order valence-electron chi connectivity index (χ3n) is 4.86. The van der Waals surface area contributed by atoms with E-state index in [9.17, 15) is 10.1 Å². The maximum atomic E-state index is 12.5. The molecule has 136 valence electrons. The van der Waals surface area contributed by atoms with Crippen molar-refractivity contribution in [3.8, 4) is 6.07 Å². The number of H-pyrrole nitrogens is 1. The molecule has 1 amide bonds. The van der Waals surface area contributed by atoms with Crippen molar-refractivity contribution in [3.05, 3.63) is 46.6 Å². The van der Waals surface area contributed by atoms with E-state index in [0.29, 0.717) is 28.9 Å². The second kappa shape index (κ2) is 7.71. The highest BCUT2D eigenvalue weighted by atomic mass is 16.1. The first-order valence-corrected chi connectivity index (χ1v) is 9.16. The summed E-state index contributed by atoms with van der Waals surface area (Å²) >= 11 is 0. The molecule has 1 saturated carbocycles. The van der Waals surface area contributed by atoms with E-state index >= 15 is 0 Å². The minimum Gasteiger partial charge on any atom is -0.304 e. The summed E-state index contributed by atoms with van der Waals surface area (Å²) in [6.07, 6.45) is 2.13. The molecular formula is C20H25N5O. The molecule has 0 atom stereocenters. The van der Waals surface area contributed by atoms with Crippen molar-refractivity contribution in [2.45, 2.75) is 52.1 Å². The van der Waals surface area contributed by atoms with Gasteiger partial charge in [-0.1, -0.05) is 19.1 Å². The van der Waals surface area contributed by atoms with Crippen LogP contribution in [0.25, 0.3) is 0 Å². The first-order chi connectivity index (χ1) is 12.5. The zero-order valence-electron chi connectivity index (χ0n) is 15.5. The number of hydrogen-bond acceptors (Lipinski definition) is 4. The van der Waals surface area contributed by atoms with Crippen molar-refractivity contribution in [2.75, 3.05) is 11.9 Å². The van der Waals surface area contributed by atoms with Crippen LogP contribution in [0.2, 0.25) is 0 Å². The van der Waals surface area contributed by atoms with Gasteiger partial charge in [0.2, 0.25) is 0 Å². The average Bonchev–Trinajstić information content (AvgIpc) is 3.40. The number of nitrogens with zero attached hydrogens (tertiary/aromatic N) is 3. The first-order valence-electron chi connectivity index (χ1n) is 9.16. The number of nitriles is 1. The number of nitrogens with one attached hydrogen (secondary N) is 2. The molecule has 1 aliphatic rings. The Labute approximate surface area is 154 Å². The molecule has 0 radical (unpaired) electrons. The minimum absolute atomic E-state index is 0.252. The number of benzene rings is 1. The topological polar surface area (TPSA) is 84.8 Å². The summed E-state index contributed by atoms with van der Waals surface area (Å²) in [7, 11) is 0. The molecule has 6 nitrogen and oxygen atoms in total. The minimum atomic E-state index is -0.252. The molecule has 3 rings (SSSR count). The van der Waals surface area contributed by atoms with Gasteiger partial charge in [-0.15, -0.1) is 0 Å². The largest absolute Gasteiger partial charge is 0.304 e. The van der Waals surface area contributed by atoms with E-state index in [-0.39, 0.29) is 5.91 Å². The molecule has 1 aliphatic carbocycles. The Bertz CT molecular complexity index is 812. The summed E-state index contributed by atoms with van der Waals surface area (Å²) in [6, 6.07) is 10.2. The second-order valence-corrected chi connectivity index (χ2v) is 7.05. The van der Waals surface area contributed by atoms with Gasteiger partial charge < -0.3 is 5.32 Å². The SMILES string of the molecule is CCN(Cc1ccc(C(=O)Nc2n[nH]c(C3CC3)c2C#N)cc1)C(C)C. The Morgan fingerprint density at radius 2 is 2.08 bits per heavy atom. The van der Waals surface area contributed by atoms with Gasteiger partial charge >= 0.3 is 0 Å². The number of aromatic nitrogens is 2. The van der Waals surface area contributed by atoms with Crippen molar-refractivity contribution < 1.29 is 4.79 Å². The van der Waals surface area contributed by atoms with Gasteiger partial charge in [0.15, 0.2) is 5.82 Å². The van der Waals surface area contributed by atoms with Crippen LogP contribution >= 0.6 is 0 Å². The fourth-order valence-electron chi connectivity index (χ4n) is 3.06. The van der Waals surface area contributed by atoms with E-state index in [1.165, 1.54) is 5.56 Å². The van der Waals surface area contributed by atoms with Gasteiger partial charge in [0, 0.05) is 24.1 Å². The van der Waals surface area contributed by atoms with Crippen molar-refractivity contribution in [3.63, 3.8) is 0 Å². The highest BCUT2D eigenvalue weighted by Gasteiger charge is 2.30. The summed E-state index contributed by atoms with van der Waals surface area (Å²) in [5.41, 5.74) is 3.02. The molecule has 1 aromatic carbocycles. The quantitative estimate of drug-likeness (QED) is 0.797. The molecule has 1 fully saturated rings. The molecule has 1 aromatic heterocycles. The molecular weight excluding hydrogens is 326 g/mol. The maximum absolute atomic E-state index is 12.5. The van der Waals surface area contributed by atoms with E-state index in [2.05, 4.69) is 47.3 Å². The number of amides is 1. The number of anilines is 1. The van der Waals surface area contributed by atoms with E-state index in [1.807, 2.05) is 24.3 Å². The lowest BCUT2D eigenvalue weighted by Crippen LogP contribution is -2.29. The molecule has 0 bridgehead atoms. The molecule has 0 unspecified atom stereocenters. The lowest BCUT2D eigenvalue weighted by atomic mass is 10.1. The van der Waals surface area contributed by atoms with Crippen molar-refractivity contribution in [1.82, 2.24) is 15.1 Å². The van der Waals surface area contributed by atoms with Gasteiger partial charge in [0.1, 0.15) is 11.6 Å². The molecule has 6 heteroatoms. The average molecular weight is 351 g/mol. The third-order valence-corrected chi connectivity index (χ3v) is 4.86. The van der Waals surface area contributed by atoms with E-state index in [4.69, 9.17) is 0 Å². The van der Waals surface area contributed by atoms with Crippen molar-refractivity contribution in [1.29, 1.82) is 5.26 Å². The molecule has 0 saturated heterocycles. The lowest BCUT2D eigenvalue weighted by molar-refractivity contribution is 0.102. The Kier molecular flexibility index (Phi) is 5.38. The Balaban J connectivity index is 1.68. The van der Waals surface area contributed by atoms with Gasteiger partial charge in [-0.05, 0) is 50.9 Å². The van der Waals surface area contributed by atoms with Crippen LogP contribution < -0.4 is 5.32 Å². The zero-order chi connectivity index (χ0) is 18.7. The fourth-order valence-corrected chi connectivity index (χ4v) is 3.06. The standard InChI is InChI=1S/C20H25N5O/c1-4-25(13(2)3)12-14-5-7-16(8-6-14)20(26)22-19-17(11-21)18(23-24-19)15-9-10-15/h5-8,13,15H,4,9-10,12H2,1-3H3,(H2,22,23,24,26). The van der Waals surface area contributed by atoms with E-state index in [1.54, 1.807) is 0 Å². The number of carbonyl (C=O) groups is 1. The van der Waals surface area contributed by atoms with Crippen molar-refractivity contribution in [2.24, 2.45) is 0 Å². The summed E-state index contributed by atoms with van der Waals surface area (Å²) in [5, 5.41) is 19.1. The zero-order valence-corrected chi connectivity index (χ0v) is 15.5. The van der Waals surface area contributed by atoms with E-state index in [0.717, 1.165) is 31.6 Å². The summed E-state index contributed by atoms with van der Waals surface area (Å²) in [6.45, 7) is 8.35. The Morgan fingerprint density at radius 1 is 1.38 bits per heavy atom. The molecule has 1 heterocycles. The highest BCUT2D eigenvalue weighted by Crippen LogP contribution is 2.41. The van der Waals surface area contributed by atoms with Gasteiger partial charge in [0.05, 0.1) is 5.69 Å². The van der Waals surface area contributed by atoms with Gasteiger partial charge in [0.25, 0.3) is 5.91 Å². The first kappa shape index (κ1) is 18.2. The molecule has 0 aliphatic heterocycles. The smallest absolute Gasteiger partial charge is 0.256 e. The van der Waals surface area contributed by atoms with E-state index < -0.39 is 0 Å². The number of carbonyl (C=O) groups excluding carboxylic acids is 1. The summed E-state index contributed by atoms with van der Waals surface area (Å²) in [5.74, 6) is 0.447. The maximum Gasteiger partial charge on any atom is 0.256 e. The number of aromatic amines is 1. The summed E-state index contributed by atoms with van der Waals surface area (Å²) in [4.78, 5) is 14.8. The van der Waals surface area contributed by atoms with Crippen LogP contribution in [0.15, 0.2) is 24.3 Å². The predicted molar refractivity (Wildman–Crippen MR) is 101 cm³/mol. The van der Waals surface area contributed by atoms with Gasteiger partial charge in [-0.3, -0.25) is 14.8 Å². The third kappa shape index (κ3) is 3.94. The molecule has 26 heavy (non-hydrogen) atoms. The van der Waals surface area contributed by atoms with Gasteiger partial charge in [-0.2, -0.15) is 10.4 Å². The number of hydrogen-bond donors (Lipinski definition) is 2. The predicted octanol–water partition coefficient (Wildman–Crippen LogP) is 3.64. The van der Waals surface area contributed by atoms with Gasteiger partial charge in [-0.25, -0.2) is 0 Å². The Morgan fingerprint density at radius 3 is 2.62 bits per heavy atom. The monoisotopic (exact) mass is 351 g/mol. The number of rotatable bonds is 7. The highest BCUT2D eigenvalue weighted by molar-refractivity contribution is 6.04. The van der Waals surface area contributed by atoms with Crippen LogP contribution in [-0.2, 0) is 6.54 Å².